The topological polar surface area (TPSA) is 68.8 Å². The summed E-state index contributed by atoms with van der Waals surface area (Å²) < 4.78 is 1.83. The summed E-state index contributed by atoms with van der Waals surface area (Å²) in [7, 11) is 1.90. The predicted molar refractivity (Wildman–Crippen MR) is 75.6 cm³/mol. The van der Waals surface area contributed by atoms with Gasteiger partial charge >= 0.3 is 0 Å². The van der Waals surface area contributed by atoms with Gasteiger partial charge in [-0.1, -0.05) is 18.5 Å². The molecule has 1 unspecified atom stereocenters. The molecule has 0 spiro atoms. The van der Waals surface area contributed by atoms with Crippen molar-refractivity contribution in [2.24, 2.45) is 12.9 Å². The van der Waals surface area contributed by atoms with Crippen LogP contribution < -0.4 is 11.3 Å². The van der Waals surface area contributed by atoms with E-state index in [1.807, 2.05) is 30.8 Å². The van der Waals surface area contributed by atoms with Crippen LogP contribution in [0.25, 0.3) is 0 Å². The average Bonchev–Trinajstić information content (AvgIpc) is 2.72. The van der Waals surface area contributed by atoms with E-state index in [0.717, 1.165) is 28.4 Å². The normalized spacial score (nSPS) is 12.6. The molecule has 2 aromatic heterocycles. The Balaban J connectivity index is 2.26. The molecule has 0 amide bonds. The number of hydrogen-bond donors (Lipinski definition) is 2. The van der Waals surface area contributed by atoms with Gasteiger partial charge in [0.25, 0.3) is 0 Å². The minimum Gasteiger partial charge on any atom is -0.271 e. The molecule has 0 aliphatic carbocycles. The van der Waals surface area contributed by atoms with Gasteiger partial charge in [-0.05, 0) is 24.1 Å². The molecule has 0 aliphatic heterocycles. The summed E-state index contributed by atoms with van der Waals surface area (Å²) in [6.07, 6.45) is 5.01. The largest absolute Gasteiger partial charge is 0.271 e. The van der Waals surface area contributed by atoms with Crippen LogP contribution in [0.3, 0.4) is 0 Å². The van der Waals surface area contributed by atoms with E-state index in [2.05, 4.69) is 15.5 Å². The highest BCUT2D eigenvalue weighted by Crippen LogP contribution is 2.25. The van der Waals surface area contributed by atoms with Gasteiger partial charge in [0.1, 0.15) is 0 Å². The summed E-state index contributed by atoms with van der Waals surface area (Å²) in [6.45, 7) is 2.04. The lowest BCUT2D eigenvalue weighted by Gasteiger charge is -2.16. The van der Waals surface area contributed by atoms with Gasteiger partial charge in [-0.25, -0.2) is 0 Å². The van der Waals surface area contributed by atoms with Crippen molar-refractivity contribution >= 4 is 11.6 Å². The van der Waals surface area contributed by atoms with E-state index < -0.39 is 0 Å². The van der Waals surface area contributed by atoms with Crippen molar-refractivity contribution in [3.05, 3.63) is 46.5 Å². The highest BCUT2D eigenvalue weighted by molar-refractivity contribution is 6.31. The van der Waals surface area contributed by atoms with Crippen molar-refractivity contribution < 1.29 is 0 Å². The molecule has 19 heavy (non-hydrogen) atoms. The van der Waals surface area contributed by atoms with Crippen LogP contribution in [0.15, 0.2) is 24.5 Å². The second-order valence-electron chi connectivity index (χ2n) is 4.39. The minimum absolute atomic E-state index is 0.0133. The number of hydrogen-bond acceptors (Lipinski definition) is 4. The number of halogens is 1. The maximum atomic E-state index is 6.35. The van der Waals surface area contributed by atoms with Crippen LogP contribution in [0.4, 0.5) is 0 Å². The number of aryl methyl sites for hydroxylation is 2. The molecule has 0 aliphatic rings. The van der Waals surface area contributed by atoms with Crippen molar-refractivity contribution in [1.82, 2.24) is 20.2 Å². The Bertz CT molecular complexity index is 537. The Hall–Kier alpha value is -1.43. The van der Waals surface area contributed by atoms with Gasteiger partial charge < -0.3 is 0 Å². The zero-order chi connectivity index (χ0) is 13.8. The van der Waals surface area contributed by atoms with Gasteiger partial charge in [-0.2, -0.15) is 5.10 Å². The quantitative estimate of drug-likeness (QED) is 0.647. The monoisotopic (exact) mass is 279 g/mol. The summed E-state index contributed by atoms with van der Waals surface area (Å²) in [5.41, 5.74) is 5.80. The summed E-state index contributed by atoms with van der Waals surface area (Å²) in [6, 6.07) is 3.87. The smallest absolute Gasteiger partial charge is 0.0850 e. The zero-order valence-electron chi connectivity index (χ0n) is 11.1. The second-order valence-corrected chi connectivity index (χ2v) is 4.77. The lowest BCUT2D eigenvalue weighted by atomic mass is 10.0. The molecule has 2 aromatic rings. The molecule has 6 heteroatoms. The highest BCUT2D eigenvalue weighted by atomic mass is 35.5. The fraction of sp³-hybridized carbons (Fsp3) is 0.385. The van der Waals surface area contributed by atoms with Gasteiger partial charge in [0, 0.05) is 25.9 Å². The van der Waals surface area contributed by atoms with Crippen molar-refractivity contribution in [2.75, 3.05) is 0 Å². The fourth-order valence-corrected chi connectivity index (χ4v) is 2.47. The summed E-state index contributed by atoms with van der Waals surface area (Å²) in [5, 5.41) is 5.15. The van der Waals surface area contributed by atoms with Gasteiger partial charge in [0.2, 0.25) is 0 Å². The molecule has 0 saturated carbocycles. The Labute approximate surface area is 117 Å². The molecule has 1 atom stereocenters. The zero-order valence-corrected chi connectivity index (χ0v) is 11.9. The first-order chi connectivity index (χ1) is 9.17. The SMILES string of the molecule is CCc1nn(C)c(CC(NN)c2ccncc2)c1Cl. The molecule has 0 bridgehead atoms. The van der Waals surface area contributed by atoms with E-state index in [0.29, 0.717) is 6.42 Å². The van der Waals surface area contributed by atoms with Crippen molar-refractivity contribution in [3.63, 3.8) is 0 Å². The van der Waals surface area contributed by atoms with Gasteiger partial charge in [0.15, 0.2) is 0 Å². The molecule has 0 aromatic carbocycles. The highest BCUT2D eigenvalue weighted by Gasteiger charge is 2.18. The molecule has 5 nitrogen and oxygen atoms in total. The van der Waals surface area contributed by atoms with E-state index in [9.17, 15) is 0 Å². The number of rotatable bonds is 5. The molecule has 2 heterocycles. The molecule has 102 valence electrons. The van der Waals surface area contributed by atoms with Crippen LogP contribution >= 0.6 is 11.6 Å². The Morgan fingerprint density at radius 1 is 1.42 bits per heavy atom. The van der Waals surface area contributed by atoms with E-state index in [-0.39, 0.29) is 6.04 Å². The first kappa shape index (κ1) is 14.0. The van der Waals surface area contributed by atoms with Crippen LogP contribution in [-0.4, -0.2) is 14.8 Å². The van der Waals surface area contributed by atoms with Crippen LogP contribution in [-0.2, 0) is 19.9 Å². The number of aromatic nitrogens is 3. The molecular formula is C13H18ClN5. The van der Waals surface area contributed by atoms with E-state index in [1.165, 1.54) is 0 Å². The van der Waals surface area contributed by atoms with Gasteiger partial charge in [-0.15, -0.1) is 0 Å². The molecule has 0 saturated heterocycles. The first-order valence-corrected chi connectivity index (χ1v) is 6.61. The maximum absolute atomic E-state index is 6.35. The minimum atomic E-state index is -0.0133. The fourth-order valence-electron chi connectivity index (χ4n) is 2.10. The van der Waals surface area contributed by atoms with Crippen LogP contribution in [0.1, 0.15) is 29.9 Å². The van der Waals surface area contributed by atoms with E-state index in [1.54, 1.807) is 12.4 Å². The van der Waals surface area contributed by atoms with Crippen LogP contribution in [0, 0.1) is 0 Å². The lowest BCUT2D eigenvalue weighted by Crippen LogP contribution is -2.30. The number of pyridine rings is 1. The predicted octanol–water partition coefficient (Wildman–Crippen LogP) is 1.78. The lowest BCUT2D eigenvalue weighted by molar-refractivity contribution is 0.529. The third-order valence-corrected chi connectivity index (χ3v) is 3.65. The third kappa shape index (κ3) is 2.94. The summed E-state index contributed by atoms with van der Waals surface area (Å²) >= 11 is 6.35. The second kappa shape index (κ2) is 6.14. The van der Waals surface area contributed by atoms with Crippen molar-refractivity contribution in [3.8, 4) is 0 Å². The number of nitrogens with two attached hydrogens (primary N) is 1. The van der Waals surface area contributed by atoms with Gasteiger partial charge in [-0.3, -0.25) is 20.9 Å². The number of nitrogens with zero attached hydrogens (tertiary/aromatic N) is 3. The molecule has 0 fully saturated rings. The summed E-state index contributed by atoms with van der Waals surface area (Å²) in [4.78, 5) is 4.01. The molecule has 2 rings (SSSR count). The third-order valence-electron chi connectivity index (χ3n) is 3.21. The first-order valence-electron chi connectivity index (χ1n) is 6.23. The van der Waals surface area contributed by atoms with Crippen molar-refractivity contribution in [2.45, 2.75) is 25.8 Å². The molecular weight excluding hydrogens is 262 g/mol. The van der Waals surface area contributed by atoms with E-state index >= 15 is 0 Å². The number of hydrazine groups is 1. The Morgan fingerprint density at radius 2 is 2.11 bits per heavy atom. The van der Waals surface area contributed by atoms with Crippen LogP contribution in [0.2, 0.25) is 5.02 Å². The molecule has 0 radical (unpaired) electrons. The molecule has 3 N–H and O–H groups in total. The maximum Gasteiger partial charge on any atom is 0.0850 e. The van der Waals surface area contributed by atoms with Crippen LogP contribution in [0.5, 0.6) is 0 Å². The van der Waals surface area contributed by atoms with Crippen molar-refractivity contribution in [1.29, 1.82) is 0 Å². The Kier molecular flexibility index (Phi) is 4.52. The standard InChI is InChI=1S/C13H18ClN5/c1-3-10-13(14)12(19(2)18-10)8-11(17-15)9-4-6-16-7-5-9/h4-7,11,17H,3,8,15H2,1-2H3. The Morgan fingerprint density at radius 3 is 2.63 bits per heavy atom. The summed E-state index contributed by atoms with van der Waals surface area (Å²) in [5.74, 6) is 5.65. The number of nitrogens with one attached hydrogen (secondary N) is 1. The van der Waals surface area contributed by atoms with Gasteiger partial charge in [0.05, 0.1) is 22.5 Å². The van der Waals surface area contributed by atoms with E-state index in [4.69, 9.17) is 17.4 Å². The average molecular weight is 280 g/mol.